The van der Waals surface area contributed by atoms with Gasteiger partial charge in [0.1, 0.15) is 6.54 Å². The van der Waals surface area contributed by atoms with Gasteiger partial charge in [-0.25, -0.2) is 5.01 Å². The first-order valence-electron chi connectivity index (χ1n) is 4.33. The second-order valence-corrected chi connectivity index (χ2v) is 3.13. The zero-order valence-electron chi connectivity index (χ0n) is 8.34. The van der Waals surface area contributed by atoms with E-state index < -0.39 is 5.97 Å². The number of carbonyl (C=O) groups is 1. The van der Waals surface area contributed by atoms with E-state index in [1.807, 2.05) is 44.4 Å². The molecule has 0 aliphatic carbocycles. The summed E-state index contributed by atoms with van der Waals surface area (Å²) < 4.78 is 0. The van der Waals surface area contributed by atoms with Gasteiger partial charge in [0.15, 0.2) is 0 Å². The van der Waals surface area contributed by atoms with Crippen molar-refractivity contribution in [2.45, 2.75) is 0 Å². The molecule has 0 heterocycles. The number of carboxylic acid groups (broad SMARTS) is 1. The molecule has 0 spiro atoms. The summed E-state index contributed by atoms with van der Waals surface area (Å²) >= 11 is 0. The lowest BCUT2D eigenvalue weighted by molar-refractivity contribution is -0.135. The number of hydrazine groups is 1. The van der Waals surface area contributed by atoms with Gasteiger partial charge in [0.05, 0.1) is 5.69 Å². The topological polar surface area (TPSA) is 43.8 Å². The van der Waals surface area contributed by atoms with Crippen LogP contribution in [0.5, 0.6) is 0 Å². The standard InChI is InChI=1S/C10H14N2O2/c1-11(2)12(8-10(13)14)9-6-4-3-5-7-9/h3-7H,8H2,1-2H3,(H,13,14). The second-order valence-electron chi connectivity index (χ2n) is 3.13. The number of anilines is 1. The monoisotopic (exact) mass is 194 g/mol. The lowest BCUT2D eigenvalue weighted by Crippen LogP contribution is -2.40. The summed E-state index contributed by atoms with van der Waals surface area (Å²) in [7, 11) is 3.63. The van der Waals surface area contributed by atoms with Crippen LogP contribution in [-0.2, 0) is 4.79 Å². The van der Waals surface area contributed by atoms with Crippen molar-refractivity contribution in [3.05, 3.63) is 30.3 Å². The average Bonchev–Trinajstić information content (AvgIpc) is 2.15. The van der Waals surface area contributed by atoms with Crippen LogP contribution in [0.15, 0.2) is 30.3 Å². The molecule has 0 aliphatic heterocycles. The Morgan fingerprint density at radius 1 is 1.29 bits per heavy atom. The summed E-state index contributed by atoms with van der Waals surface area (Å²) in [6, 6.07) is 9.42. The van der Waals surface area contributed by atoms with Crippen molar-refractivity contribution >= 4 is 11.7 Å². The van der Waals surface area contributed by atoms with E-state index in [-0.39, 0.29) is 6.54 Å². The Labute approximate surface area is 83.3 Å². The molecule has 1 aromatic rings. The van der Waals surface area contributed by atoms with Crippen LogP contribution >= 0.6 is 0 Å². The van der Waals surface area contributed by atoms with Crippen LogP contribution in [-0.4, -0.2) is 36.7 Å². The highest BCUT2D eigenvalue weighted by Crippen LogP contribution is 2.13. The van der Waals surface area contributed by atoms with Gasteiger partial charge in [-0.3, -0.25) is 9.80 Å². The Morgan fingerprint density at radius 2 is 1.86 bits per heavy atom. The summed E-state index contributed by atoms with van der Waals surface area (Å²) in [6.07, 6.45) is 0. The quantitative estimate of drug-likeness (QED) is 0.728. The van der Waals surface area contributed by atoms with E-state index in [9.17, 15) is 4.79 Å². The Bertz CT molecular complexity index is 298. The van der Waals surface area contributed by atoms with Crippen molar-refractivity contribution in [1.29, 1.82) is 0 Å². The molecule has 0 aliphatic rings. The first-order valence-corrected chi connectivity index (χ1v) is 4.33. The fourth-order valence-electron chi connectivity index (χ4n) is 1.19. The SMILES string of the molecule is CN(C)N(CC(=O)O)c1ccccc1. The van der Waals surface area contributed by atoms with E-state index in [1.165, 1.54) is 0 Å². The van der Waals surface area contributed by atoms with Crippen molar-refractivity contribution in [3.63, 3.8) is 0 Å². The molecular weight excluding hydrogens is 180 g/mol. The van der Waals surface area contributed by atoms with Gasteiger partial charge >= 0.3 is 5.97 Å². The highest BCUT2D eigenvalue weighted by atomic mass is 16.4. The van der Waals surface area contributed by atoms with Crippen LogP contribution in [0.1, 0.15) is 0 Å². The third kappa shape index (κ3) is 2.74. The zero-order chi connectivity index (χ0) is 10.6. The molecule has 1 rings (SSSR count). The number of hydrogen-bond donors (Lipinski definition) is 1. The highest BCUT2D eigenvalue weighted by molar-refractivity contribution is 5.73. The molecule has 4 heteroatoms. The highest BCUT2D eigenvalue weighted by Gasteiger charge is 2.11. The van der Waals surface area contributed by atoms with E-state index >= 15 is 0 Å². The number of aliphatic carboxylic acids is 1. The molecule has 0 amide bonds. The average molecular weight is 194 g/mol. The molecule has 0 radical (unpaired) electrons. The maximum Gasteiger partial charge on any atom is 0.324 e. The smallest absolute Gasteiger partial charge is 0.324 e. The zero-order valence-corrected chi connectivity index (χ0v) is 8.34. The summed E-state index contributed by atoms with van der Waals surface area (Å²) in [6.45, 7) is -0.0307. The van der Waals surface area contributed by atoms with Gasteiger partial charge < -0.3 is 5.11 Å². The maximum absolute atomic E-state index is 10.6. The minimum absolute atomic E-state index is 0.0307. The summed E-state index contributed by atoms with van der Waals surface area (Å²) in [5.74, 6) is -0.845. The van der Waals surface area contributed by atoms with Gasteiger partial charge in [-0.2, -0.15) is 0 Å². The molecule has 0 unspecified atom stereocenters. The minimum atomic E-state index is -0.845. The third-order valence-electron chi connectivity index (χ3n) is 1.82. The number of carboxylic acids is 1. The second kappa shape index (κ2) is 4.62. The van der Waals surface area contributed by atoms with Crippen molar-refractivity contribution in [3.8, 4) is 0 Å². The predicted octanol–water partition coefficient (Wildman–Crippen LogP) is 1.05. The van der Waals surface area contributed by atoms with Crippen molar-refractivity contribution in [2.75, 3.05) is 25.6 Å². The number of benzene rings is 1. The van der Waals surface area contributed by atoms with Crippen LogP contribution in [0, 0.1) is 0 Å². The van der Waals surface area contributed by atoms with Crippen LogP contribution in [0.2, 0.25) is 0 Å². The van der Waals surface area contributed by atoms with Crippen molar-refractivity contribution in [1.82, 2.24) is 5.01 Å². The molecule has 1 aromatic carbocycles. The Hall–Kier alpha value is -1.55. The minimum Gasteiger partial charge on any atom is -0.480 e. The fraction of sp³-hybridized carbons (Fsp3) is 0.300. The van der Waals surface area contributed by atoms with Crippen molar-refractivity contribution in [2.24, 2.45) is 0 Å². The molecular formula is C10H14N2O2. The molecule has 0 fully saturated rings. The van der Waals surface area contributed by atoms with Gasteiger partial charge in [-0.15, -0.1) is 0 Å². The fourth-order valence-corrected chi connectivity index (χ4v) is 1.19. The van der Waals surface area contributed by atoms with E-state index in [1.54, 1.807) is 10.0 Å². The summed E-state index contributed by atoms with van der Waals surface area (Å²) in [4.78, 5) is 10.6. The largest absolute Gasteiger partial charge is 0.480 e. The van der Waals surface area contributed by atoms with Crippen LogP contribution < -0.4 is 5.01 Å². The normalized spacial score (nSPS) is 10.2. The Morgan fingerprint density at radius 3 is 2.29 bits per heavy atom. The van der Waals surface area contributed by atoms with Crippen molar-refractivity contribution < 1.29 is 9.90 Å². The van der Waals surface area contributed by atoms with E-state index in [0.717, 1.165) is 5.69 Å². The van der Waals surface area contributed by atoms with Gasteiger partial charge in [0.25, 0.3) is 0 Å². The van der Waals surface area contributed by atoms with E-state index in [4.69, 9.17) is 5.11 Å². The lowest BCUT2D eigenvalue weighted by Gasteiger charge is -2.29. The van der Waals surface area contributed by atoms with Crippen LogP contribution in [0.3, 0.4) is 0 Å². The first-order chi connectivity index (χ1) is 6.61. The molecule has 0 bridgehead atoms. The molecule has 0 aromatic heterocycles. The number of hydrogen-bond acceptors (Lipinski definition) is 3. The van der Waals surface area contributed by atoms with E-state index in [2.05, 4.69) is 0 Å². The van der Waals surface area contributed by atoms with Gasteiger partial charge in [0, 0.05) is 14.1 Å². The lowest BCUT2D eigenvalue weighted by atomic mass is 10.3. The molecule has 1 N–H and O–H groups in total. The molecule has 4 nitrogen and oxygen atoms in total. The van der Waals surface area contributed by atoms with Gasteiger partial charge in [-0.1, -0.05) is 18.2 Å². The van der Waals surface area contributed by atoms with Crippen LogP contribution in [0.4, 0.5) is 5.69 Å². The number of nitrogens with zero attached hydrogens (tertiary/aromatic N) is 2. The Balaban J connectivity index is 2.83. The molecule has 0 saturated carbocycles. The molecule has 0 saturated heterocycles. The van der Waals surface area contributed by atoms with E-state index in [0.29, 0.717) is 0 Å². The number of para-hydroxylation sites is 1. The maximum atomic E-state index is 10.6. The molecule has 14 heavy (non-hydrogen) atoms. The van der Waals surface area contributed by atoms with Gasteiger partial charge in [0.2, 0.25) is 0 Å². The molecule has 76 valence electrons. The first kappa shape index (κ1) is 10.5. The van der Waals surface area contributed by atoms with Gasteiger partial charge in [-0.05, 0) is 12.1 Å². The Kier molecular flexibility index (Phi) is 3.48. The summed E-state index contributed by atoms with van der Waals surface area (Å²) in [5, 5.41) is 12.2. The van der Waals surface area contributed by atoms with Crippen LogP contribution in [0.25, 0.3) is 0 Å². The number of rotatable bonds is 4. The predicted molar refractivity (Wildman–Crippen MR) is 55.1 cm³/mol. The summed E-state index contributed by atoms with van der Waals surface area (Å²) in [5.41, 5.74) is 0.875. The molecule has 0 atom stereocenters. The third-order valence-corrected chi connectivity index (χ3v) is 1.82.